The van der Waals surface area contributed by atoms with Crippen LogP contribution in [0.1, 0.15) is 44.6 Å². The maximum absolute atomic E-state index is 12.5. The molecular formula is C22H32IN5O5. The zero-order chi connectivity index (χ0) is 24.5. The van der Waals surface area contributed by atoms with Gasteiger partial charge in [0, 0.05) is 12.8 Å². The topological polar surface area (TPSA) is 146 Å². The molecule has 10 nitrogen and oxygen atoms in total. The van der Waals surface area contributed by atoms with Crippen molar-refractivity contribution in [2.24, 2.45) is 0 Å². The van der Waals surface area contributed by atoms with Gasteiger partial charge in [-0.3, -0.25) is 27.5 Å². The molecule has 0 aliphatic heterocycles. The number of rotatable bonds is 15. The van der Waals surface area contributed by atoms with E-state index in [1.54, 1.807) is 22.9 Å². The first-order chi connectivity index (χ1) is 15.8. The summed E-state index contributed by atoms with van der Waals surface area (Å²) in [6, 6.07) is 8.16. The molecule has 1 atom stereocenters. The zero-order valence-corrected chi connectivity index (χ0v) is 20.9. The van der Waals surface area contributed by atoms with Crippen LogP contribution in [0.3, 0.4) is 0 Å². The second-order valence-electron chi connectivity index (χ2n) is 7.41. The van der Waals surface area contributed by atoms with E-state index >= 15 is 0 Å². The normalized spacial score (nSPS) is 11.1. The van der Waals surface area contributed by atoms with Crippen LogP contribution in [0.15, 0.2) is 30.3 Å². The van der Waals surface area contributed by atoms with E-state index in [-0.39, 0.29) is 37.9 Å². The highest BCUT2D eigenvalue weighted by Crippen LogP contribution is 2.04. The molecule has 0 unspecified atom stereocenters. The number of carbonyl (C=O) groups is 5. The maximum atomic E-state index is 12.5. The summed E-state index contributed by atoms with van der Waals surface area (Å²) >= 11 is 1.67. The van der Waals surface area contributed by atoms with Crippen molar-refractivity contribution in [3.05, 3.63) is 35.9 Å². The number of unbranched alkanes of at least 4 members (excludes halogenated alkanes) is 3. The predicted octanol–water partition coefficient (Wildman–Crippen LogP) is 0.499. The first-order valence-corrected chi connectivity index (χ1v) is 12.0. The summed E-state index contributed by atoms with van der Waals surface area (Å²) in [6.07, 6.45) is 4.46. The fourth-order valence-corrected chi connectivity index (χ4v) is 3.04. The van der Waals surface area contributed by atoms with Crippen LogP contribution < -0.4 is 24.8 Å². The third-order valence-electron chi connectivity index (χ3n) is 4.61. The van der Waals surface area contributed by atoms with E-state index in [1.165, 1.54) is 0 Å². The quantitative estimate of drug-likeness (QED) is 0.118. The van der Waals surface area contributed by atoms with E-state index in [4.69, 9.17) is 0 Å². The van der Waals surface area contributed by atoms with Gasteiger partial charge in [-0.2, -0.15) is 0 Å². The second kappa shape index (κ2) is 16.9. The minimum absolute atomic E-state index is 0.208. The van der Waals surface area contributed by atoms with Crippen molar-refractivity contribution in [3.8, 4) is 0 Å². The van der Waals surface area contributed by atoms with Gasteiger partial charge in [0.15, 0.2) is 0 Å². The molecule has 0 saturated heterocycles. The fraction of sp³-hybridized carbons (Fsp3) is 0.500. The van der Waals surface area contributed by atoms with Crippen molar-refractivity contribution in [2.75, 3.05) is 19.6 Å². The van der Waals surface area contributed by atoms with Gasteiger partial charge in [0.1, 0.15) is 6.04 Å². The monoisotopic (exact) mass is 573 g/mol. The molecule has 0 aromatic heterocycles. The lowest BCUT2D eigenvalue weighted by Crippen LogP contribution is -2.52. The van der Waals surface area contributed by atoms with Gasteiger partial charge in [-0.1, -0.05) is 56.5 Å². The smallest absolute Gasteiger partial charge is 0.247 e. The molecule has 5 N–H and O–H groups in total. The number of hydrogen-bond donors (Lipinski definition) is 5. The Kier molecular flexibility index (Phi) is 14.5. The highest BCUT2D eigenvalue weighted by molar-refractivity contribution is 14.1. The SMILES string of the molecule is CCCCCCC(=O)NCC(=O)NCC(=O)N[C@@H](Cc1ccccc1)C(=O)NCC(=O)NI. The first kappa shape index (κ1) is 28.3. The van der Waals surface area contributed by atoms with Gasteiger partial charge in [-0.15, -0.1) is 0 Å². The van der Waals surface area contributed by atoms with Gasteiger partial charge < -0.3 is 21.3 Å². The molecule has 5 amide bonds. The maximum Gasteiger partial charge on any atom is 0.247 e. The summed E-state index contributed by atoms with van der Waals surface area (Å²) in [6.45, 7) is 1.29. The summed E-state index contributed by atoms with van der Waals surface area (Å²) in [7, 11) is 0. The Morgan fingerprint density at radius 2 is 1.42 bits per heavy atom. The third kappa shape index (κ3) is 13.4. The molecule has 1 rings (SSSR count). The van der Waals surface area contributed by atoms with E-state index in [9.17, 15) is 24.0 Å². The van der Waals surface area contributed by atoms with E-state index in [2.05, 4.69) is 31.7 Å². The Bertz CT molecular complexity index is 791. The van der Waals surface area contributed by atoms with Crippen molar-refractivity contribution in [1.82, 2.24) is 24.8 Å². The summed E-state index contributed by atoms with van der Waals surface area (Å²) < 4.78 is 2.37. The molecule has 1 aromatic rings. The lowest BCUT2D eigenvalue weighted by molar-refractivity contribution is -0.130. The molecule has 0 fully saturated rings. The predicted molar refractivity (Wildman–Crippen MR) is 132 cm³/mol. The van der Waals surface area contributed by atoms with Gasteiger partial charge in [-0.05, 0) is 12.0 Å². The number of amides is 5. The average molecular weight is 573 g/mol. The molecular weight excluding hydrogens is 541 g/mol. The number of nitrogens with one attached hydrogen (secondary N) is 5. The fourth-order valence-electron chi connectivity index (χ4n) is 2.85. The third-order valence-corrected chi connectivity index (χ3v) is 5.21. The van der Waals surface area contributed by atoms with E-state index in [0.717, 1.165) is 31.2 Å². The van der Waals surface area contributed by atoms with Crippen LogP contribution in [0.4, 0.5) is 0 Å². The van der Waals surface area contributed by atoms with Gasteiger partial charge in [0.2, 0.25) is 29.5 Å². The number of hydrogen-bond acceptors (Lipinski definition) is 5. The summed E-state index contributed by atoms with van der Waals surface area (Å²) in [4.78, 5) is 59.9. The summed E-state index contributed by atoms with van der Waals surface area (Å²) in [5.41, 5.74) is 0.821. The Morgan fingerprint density at radius 1 is 0.788 bits per heavy atom. The van der Waals surface area contributed by atoms with Crippen molar-refractivity contribution in [1.29, 1.82) is 0 Å². The van der Waals surface area contributed by atoms with Gasteiger partial charge in [-0.25, -0.2) is 0 Å². The van der Waals surface area contributed by atoms with Crippen LogP contribution >= 0.6 is 22.9 Å². The number of carbonyl (C=O) groups excluding carboxylic acids is 5. The van der Waals surface area contributed by atoms with Crippen LogP contribution in [0.5, 0.6) is 0 Å². The minimum Gasteiger partial charge on any atom is -0.347 e. The molecule has 0 bridgehead atoms. The standard InChI is InChI=1S/C22H32IN5O5/c1-2-3-4-8-11-18(29)24-13-19(30)25-14-20(31)27-17(12-16-9-6-5-7-10-16)22(33)26-15-21(32)28-23/h5-7,9-10,17H,2-4,8,11-15H2,1H3,(H,24,29)(H,25,30)(H,26,33)(H,27,31)(H,28,32)/t17-/m0/s1. The van der Waals surface area contributed by atoms with Gasteiger partial charge in [0.25, 0.3) is 0 Å². The Morgan fingerprint density at radius 3 is 2.09 bits per heavy atom. The molecule has 0 radical (unpaired) electrons. The highest BCUT2D eigenvalue weighted by Gasteiger charge is 2.22. The molecule has 1 aromatic carbocycles. The molecule has 182 valence electrons. The Hall–Kier alpha value is -2.70. The van der Waals surface area contributed by atoms with Crippen LogP contribution in [0.25, 0.3) is 0 Å². The first-order valence-electron chi connectivity index (χ1n) is 10.9. The van der Waals surface area contributed by atoms with Crippen LogP contribution in [-0.2, 0) is 30.4 Å². The summed E-state index contributed by atoms with van der Waals surface area (Å²) in [5, 5.41) is 10.00. The van der Waals surface area contributed by atoms with E-state index < -0.39 is 23.8 Å². The van der Waals surface area contributed by atoms with Crippen molar-refractivity contribution < 1.29 is 24.0 Å². The lowest BCUT2D eigenvalue weighted by Gasteiger charge is -2.18. The van der Waals surface area contributed by atoms with Crippen LogP contribution in [0.2, 0.25) is 0 Å². The zero-order valence-electron chi connectivity index (χ0n) is 18.7. The second-order valence-corrected chi connectivity index (χ2v) is 7.95. The van der Waals surface area contributed by atoms with E-state index in [0.29, 0.717) is 6.42 Å². The average Bonchev–Trinajstić information content (AvgIpc) is 2.82. The number of benzene rings is 1. The highest BCUT2D eigenvalue weighted by atomic mass is 127. The number of halogens is 1. The summed E-state index contributed by atoms with van der Waals surface area (Å²) in [5.74, 6) is -2.18. The molecule has 0 aliphatic carbocycles. The van der Waals surface area contributed by atoms with Gasteiger partial charge >= 0.3 is 0 Å². The molecule has 11 heteroatoms. The molecule has 0 saturated carbocycles. The lowest BCUT2D eigenvalue weighted by atomic mass is 10.1. The van der Waals surface area contributed by atoms with Crippen molar-refractivity contribution in [3.63, 3.8) is 0 Å². The van der Waals surface area contributed by atoms with Crippen LogP contribution in [0, 0.1) is 0 Å². The van der Waals surface area contributed by atoms with Crippen LogP contribution in [-0.4, -0.2) is 55.2 Å². The van der Waals surface area contributed by atoms with Crippen molar-refractivity contribution in [2.45, 2.75) is 51.5 Å². The largest absolute Gasteiger partial charge is 0.347 e. The minimum atomic E-state index is -0.929. The Labute approximate surface area is 207 Å². The molecule has 0 spiro atoms. The van der Waals surface area contributed by atoms with Gasteiger partial charge in [0.05, 0.1) is 42.5 Å². The molecule has 33 heavy (non-hydrogen) atoms. The molecule has 0 aliphatic rings. The van der Waals surface area contributed by atoms with Crippen molar-refractivity contribution >= 4 is 52.4 Å². The van der Waals surface area contributed by atoms with E-state index in [1.807, 2.05) is 30.3 Å². The Balaban J connectivity index is 2.48. The molecule has 0 heterocycles.